The maximum Gasteiger partial charge on any atom is 0.344 e. The van der Waals surface area contributed by atoms with Gasteiger partial charge in [0.1, 0.15) is 0 Å². The van der Waals surface area contributed by atoms with Crippen LogP contribution in [0.4, 0.5) is 16.2 Å². The second-order valence-corrected chi connectivity index (χ2v) is 9.01. The van der Waals surface area contributed by atoms with E-state index >= 15 is 0 Å². The van der Waals surface area contributed by atoms with E-state index in [0.717, 1.165) is 4.90 Å². The molecule has 0 spiro atoms. The predicted molar refractivity (Wildman–Crippen MR) is 129 cm³/mol. The number of carbonyl (C=O) groups excluding carboxylic acids is 4. The molecule has 10 nitrogen and oxygen atoms in total. The molecule has 1 saturated heterocycles. The number of nitrogens with one attached hydrogen (secondary N) is 2. The highest BCUT2D eigenvalue weighted by atomic mass is 32.2. The smallest absolute Gasteiger partial charge is 0.344 e. The van der Waals surface area contributed by atoms with Crippen molar-refractivity contribution in [2.45, 2.75) is 36.5 Å². The van der Waals surface area contributed by atoms with E-state index in [9.17, 15) is 19.2 Å². The number of benzene rings is 2. The van der Waals surface area contributed by atoms with Crippen LogP contribution >= 0.6 is 11.8 Å². The van der Waals surface area contributed by atoms with E-state index in [1.807, 2.05) is 26.0 Å². The third-order valence-corrected chi connectivity index (χ3v) is 6.84. The van der Waals surface area contributed by atoms with Crippen LogP contribution in [-0.2, 0) is 19.1 Å². The van der Waals surface area contributed by atoms with Crippen molar-refractivity contribution in [3.63, 3.8) is 0 Å². The average Bonchev–Trinajstić information content (AvgIpc) is 3.35. The zero-order chi connectivity index (χ0) is 25.0. The van der Waals surface area contributed by atoms with Gasteiger partial charge in [-0.2, -0.15) is 0 Å². The fourth-order valence-electron chi connectivity index (χ4n) is 3.97. The molecule has 2 aliphatic rings. The number of para-hydroxylation sites is 1. The molecule has 35 heavy (non-hydrogen) atoms. The molecule has 2 heterocycles. The minimum absolute atomic E-state index is 0.176. The number of anilines is 2. The van der Waals surface area contributed by atoms with Gasteiger partial charge in [0.05, 0.1) is 18.9 Å². The SMILES string of the molecule is CCOc1ccc(NC(=O)NC(=O)COC(=O)C23CCC(=O)N2c2ccccc2S3)cc1OCC. The summed E-state index contributed by atoms with van der Waals surface area (Å²) < 4.78 is 16.2. The first-order valence-electron chi connectivity index (χ1n) is 11.2. The van der Waals surface area contributed by atoms with Crippen LogP contribution < -0.4 is 25.0 Å². The number of urea groups is 1. The minimum atomic E-state index is -1.23. The lowest BCUT2D eigenvalue weighted by Crippen LogP contribution is -2.48. The van der Waals surface area contributed by atoms with Crippen molar-refractivity contribution in [1.29, 1.82) is 0 Å². The van der Waals surface area contributed by atoms with Crippen molar-refractivity contribution in [2.75, 3.05) is 30.0 Å². The molecule has 0 bridgehead atoms. The van der Waals surface area contributed by atoms with Crippen LogP contribution in [0.15, 0.2) is 47.4 Å². The molecule has 0 aromatic heterocycles. The van der Waals surface area contributed by atoms with Crippen molar-refractivity contribution in [1.82, 2.24) is 5.32 Å². The fraction of sp³-hybridized carbons (Fsp3) is 0.333. The Hall–Kier alpha value is -3.73. The number of amides is 4. The summed E-state index contributed by atoms with van der Waals surface area (Å²) in [5.74, 6) is -0.691. The molecule has 0 radical (unpaired) electrons. The van der Waals surface area contributed by atoms with E-state index in [1.165, 1.54) is 16.7 Å². The number of thioether (sulfide) groups is 1. The van der Waals surface area contributed by atoms with E-state index in [1.54, 1.807) is 30.3 Å². The molecule has 1 fully saturated rings. The van der Waals surface area contributed by atoms with Crippen LogP contribution in [0.25, 0.3) is 0 Å². The molecule has 2 aliphatic heterocycles. The second kappa shape index (κ2) is 10.3. The number of carbonyl (C=O) groups is 4. The summed E-state index contributed by atoms with van der Waals surface area (Å²) in [7, 11) is 0. The van der Waals surface area contributed by atoms with Gasteiger partial charge in [-0.3, -0.25) is 19.8 Å². The van der Waals surface area contributed by atoms with Gasteiger partial charge >= 0.3 is 12.0 Å². The lowest BCUT2D eigenvalue weighted by molar-refractivity contribution is -0.150. The number of hydrogen-bond donors (Lipinski definition) is 2. The van der Waals surface area contributed by atoms with Crippen molar-refractivity contribution in [3.8, 4) is 11.5 Å². The summed E-state index contributed by atoms with van der Waals surface area (Å²) in [4.78, 5) is 51.0. The molecule has 11 heteroatoms. The summed E-state index contributed by atoms with van der Waals surface area (Å²) in [5, 5.41) is 4.66. The monoisotopic (exact) mass is 499 g/mol. The first kappa shape index (κ1) is 24.4. The van der Waals surface area contributed by atoms with Gasteiger partial charge in [0.2, 0.25) is 5.91 Å². The average molecular weight is 500 g/mol. The summed E-state index contributed by atoms with van der Waals surface area (Å²) in [6, 6.07) is 11.3. The fourth-order valence-corrected chi connectivity index (χ4v) is 5.38. The van der Waals surface area contributed by atoms with Crippen LogP contribution in [0.5, 0.6) is 11.5 Å². The Balaban J connectivity index is 1.33. The van der Waals surface area contributed by atoms with E-state index in [-0.39, 0.29) is 18.7 Å². The first-order valence-corrected chi connectivity index (χ1v) is 12.0. The molecule has 4 amide bonds. The van der Waals surface area contributed by atoms with Gasteiger partial charge in [-0.15, -0.1) is 0 Å². The van der Waals surface area contributed by atoms with E-state index < -0.39 is 29.4 Å². The highest BCUT2D eigenvalue weighted by Gasteiger charge is 2.58. The van der Waals surface area contributed by atoms with Gasteiger partial charge in [-0.05, 0) is 38.1 Å². The molecule has 0 saturated carbocycles. The number of ether oxygens (including phenoxy) is 3. The molecular weight excluding hydrogens is 474 g/mol. The van der Waals surface area contributed by atoms with E-state index in [2.05, 4.69) is 10.6 Å². The minimum Gasteiger partial charge on any atom is -0.490 e. The number of imide groups is 1. The van der Waals surface area contributed by atoms with Crippen molar-refractivity contribution in [3.05, 3.63) is 42.5 Å². The standard InChI is InChI=1S/C24H25N3O7S/c1-3-32-17-10-9-15(13-18(17)33-4-2)25-23(31)26-20(28)14-34-22(30)24-12-11-21(29)27(24)16-7-5-6-8-19(16)35-24/h5-10,13H,3-4,11-12,14H2,1-2H3,(H2,25,26,28,31). The summed E-state index contributed by atoms with van der Waals surface area (Å²) >= 11 is 1.24. The Bertz CT molecular complexity index is 1170. The lowest BCUT2D eigenvalue weighted by Gasteiger charge is -2.28. The summed E-state index contributed by atoms with van der Waals surface area (Å²) in [6.07, 6.45) is 0.475. The normalized spacial score (nSPS) is 17.9. The Labute approximate surface area is 206 Å². The third-order valence-electron chi connectivity index (χ3n) is 5.38. The van der Waals surface area contributed by atoms with E-state index in [4.69, 9.17) is 14.2 Å². The molecular formula is C24H25N3O7S. The van der Waals surface area contributed by atoms with Crippen LogP contribution in [0.1, 0.15) is 26.7 Å². The number of rotatable bonds is 8. The Morgan fingerprint density at radius 2 is 1.80 bits per heavy atom. The van der Waals surface area contributed by atoms with E-state index in [0.29, 0.717) is 36.1 Å². The van der Waals surface area contributed by atoms with Gasteiger partial charge in [0, 0.05) is 29.5 Å². The molecule has 1 unspecified atom stereocenters. The van der Waals surface area contributed by atoms with Gasteiger partial charge in [0.15, 0.2) is 23.0 Å². The number of nitrogens with zero attached hydrogens (tertiary/aromatic N) is 1. The largest absolute Gasteiger partial charge is 0.490 e. The van der Waals surface area contributed by atoms with Gasteiger partial charge in [-0.25, -0.2) is 9.59 Å². The molecule has 1 atom stereocenters. The van der Waals surface area contributed by atoms with Crippen LogP contribution in [0.2, 0.25) is 0 Å². The van der Waals surface area contributed by atoms with Crippen molar-refractivity contribution >= 4 is 47.0 Å². The Morgan fingerprint density at radius 1 is 1.06 bits per heavy atom. The van der Waals surface area contributed by atoms with Crippen molar-refractivity contribution in [2.24, 2.45) is 0 Å². The molecule has 4 rings (SSSR count). The molecule has 0 aliphatic carbocycles. The first-order chi connectivity index (χ1) is 16.9. The summed E-state index contributed by atoms with van der Waals surface area (Å²) in [5.41, 5.74) is 1.04. The Kier molecular flexibility index (Phi) is 7.15. The summed E-state index contributed by atoms with van der Waals surface area (Å²) in [6.45, 7) is 3.87. The second-order valence-electron chi connectivity index (χ2n) is 7.69. The number of hydrogen-bond acceptors (Lipinski definition) is 8. The maximum atomic E-state index is 13.0. The van der Waals surface area contributed by atoms with Crippen molar-refractivity contribution < 1.29 is 33.4 Å². The third kappa shape index (κ3) is 4.90. The lowest BCUT2D eigenvalue weighted by atomic mass is 10.2. The van der Waals surface area contributed by atoms with Gasteiger partial charge < -0.3 is 19.5 Å². The molecule has 2 aromatic carbocycles. The van der Waals surface area contributed by atoms with Crippen LogP contribution in [0.3, 0.4) is 0 Å². The number of esters is 1. The quantitative estimate of drug-likeness (QED) is 0.531. The van der Waals surface area contributed by atoms with Crippen LogP contribution in [-0.4, -0.2) is 48.5 Å². The molecule has 2 aromatic rings. The topological polar surface area (TPSA) is 123 Å². The van der Waals surface area contributed by atoms with Gasteiger partial charge in [0.25, 0.3) is 5.91 Å². The Morgan fingerprint density at radius 3 is 2.57 bits per heavy atom. The number of fused-ring (bicyclic) bond motifs is 3. The highest BCUT2D eigenvalue weighted by Crippen LogP contribution is 2.56. The predicted octanol–water partition coefficient (Wildman–Crippen LogP) is 3.30. The molecule has 184 valence electrons. The van der Waals surface area contributed by atoms with Gasteiger partial charge in [-0.1, -0.05) is 23.9 Å². The highest BCUT2D eigenvalue weighted by molar-refractivity contribution is 8.02. The zero-order valence-electron chi connectivity index (χ0n) is 19.3. The maximum absolute atomic E-state index is 13.0. The zero-order valence-corrected chi connectivity index (χ0v) is 20.1. The van der Waals surface area contributed by atoms with Crippen LogP contribution in [0, 0.1) is 0 Å². The molecule has 2 N–H and O–H groups in total.